The number of carboxylic acid groups (broad SMARTS) is 2. The number of rotatable bonds is 13. The minimum absolute atomic E-state index is 0. The van der Waals surface area contributed by atoms with Gasteiger partial charge in [0.2, 0.25) is 0 Å². The summed E-state index contributed by atoms with van der Waals surface area (Å²) in [7, 11) is 0. The Morgan fingerprint density at radius 2 is 1.47 bits per heavy atom. The Balaban J connectivity index is 0.00000541. The molecular formula is C41H38ClF3N2O6. The van der Waals surface area contributed by atoms with E-state index in [1.165, 1.54) is 12.1 Å². The molecule has 1 aromatic heterocycles. The molecule has 4 N–H and O–H groups in total. The molecule has 0 bridgehead atoms. The van der Waals surface area contributed by atoms with Crippen LogP contribution in [0.15, 0.2) is 97.1 Å². The van der Waals surface area contributed by atoms with Crippen molar-refractivity contribution in [1.29, 1.82) is 0 Å². The highest BCUT2D eigenvalue weighted by Crippen LogP contribution is 2.33. The molecule has 4 aromatic carbocycles. The van der Waals surface area contributed by atoms with E-state index in [2.05, 4.69) is 4.98 Å². The number of fused-ring (bicyclic) bond motifs is 1. The van der Waals surface area contributed by atoms with Gasteiger partial charge in [-0.05, 0) is 109 Å². The highest BCUT2D eigenvalue weighted by atomic mass is 35.5. The first kappa shape index (κ1) is 38.8. The molecule has 0 atom stereocenters. The summed E-state index contributed by atoms with van der Waals surface area (Å²) in [4.78, 5) is 30.5. The fourth-order valence-corrected chi connectivity index (χ4v) is 6.64. The van der Waals surface area contributed by atoms with E-state index in [0.29, 0.717) is 59.1 Å². The van der Waals surface area contributed by atoms with Crippen LogP contribution in [0.4, 0.5) is 18.9 Å². The lowest BCUT2D eigenvalue weighted by molar-refractivity contribution is -0.137. The van der Waals surface area contributed by atoms with E-state index in [1.807, 2.05) is 35.2 Å². The molecule has 12 heteroatoms. The smallest absolute Gasteiger partial charge is 0.416 e. The fraction of sp³-hybridized carbons (Fsp3) is 0.244. The predicted octanol–water partition coefficient (Wildman–Crippen LogP) is 8.74. The third kappa shape index (κ3) is 9.54. The van der Waals surface area contributed by atoms with Crippen LogP contribution in [0.5, 0.6) is 5.75 Å². The van der Waals surface area contributed by atoms with Gasteiger partial charge in [0, 0.05) is 29.4 Å². The van der Waals surface area contributed by atoms with Crippen molar-refractivity contribution in [2.45, 2.75) is 51.3 Å². The molecule has 0 saturated carbocycles. The summed E-state index contributed by atoms with van der Waals surface area (Å²) in [6.07, 6.45) is 0.231. The average Bonchev–Trinajstić information content (AvgIpc) is 3.14. The Morgan fingerprint density at radius 1 is 0.792 bits per heavy atom. The number of aryl methyl sites for hydroxylation is 2. The summed E-state index contributed by atoms with van der Waals surface area (Å²) in [6.45, 7) is 1.07. The summed E-state index contributed by atoms with van der Waals surface area (Å²) >= 11 is 6.61. The number of anilines is 1. The second-order valence-corrected chi connectivity index (χ2v) is 13.1. The Labute approximate surface area is 309 Å². The molecule has 0 spiro atoms. The fourth-order valence-electron chi connectivity index (χ4n) is 6.41. The molecule has 0 fully saturated rings. The Bertz CT molecular complexity index is 2070. The van der Waals surface area contributed by atoms with Crippen LogP contribution >= 0.6 is 11.6 Å². The van der Waals surface area contributed by atoms with Crippen molar-refractivity contribution in [3.63, 3.8) is 0 Å². The molecule has 1 aliphatic rings. The second-order valence-electron chi connectivity index (χ2n) is 12.7. The van der Waals surface area contributed by atoms with E-state index < -0.39 is 23.7 Å². The number of ether oxygens (including phenoxy) is 1. The zero-order valence-corrected chi connectivity index (χ0v) is 29.4. The molecule has 53 heavy (non-hydrogen) atoms. The number of nitrogens with zero attached hydrogens (tertiary/aromatic N) is 2. The van der Waals surface area contributed by atoms with E-state index in [0.717, 1.165) is 60.2 Å². The van der Waals surface area contributed by atoms with Gasteiger partial charge in [0.25, 0.3) is 0 Å². The first-order valence-corrected chi connectivity index (χ1v) is 17.3. The SMILES string of the molecule is O.O=C(O)c1ccc(CCN(CCc2ccccc2OCc2ccc(-c3ccc(C(F)(F)F)cc3)cc2Cl)c2cc3c(nc2C(=O)O)CCCC3)cc1. The maximum Gasteiger partial charge on any atom is 0.416 e. The molecular weight excluding hydrogens is 709 g/mol. The van der Waals surface area contributed by atoms with Gasteiger partial charge in [0.1, 0.15) is 12.4 Å². The van der Waals surface area contributed by atoms with Gasteiger partial charge in [-0.15, -0.1) is 0 Å². The number of benzene rings is 4. The van der Waals surface area contributed by atoms with Crippen molar-refractivity contribution in [1.82, 2.24) is 4.98 Å². The highest BCUT2D eigenvalue weighted by Gasteiger charge is 2.30. The highest BCUT2D eigenvalue weighted by molar-refractivity contribution is 6.31. The standard InChI is InChI=1S/C41H36ClF3N2O5.H2O/c42-34-23-30(27-15-17-33(18-16-27)41(43,44)45)13-14-32(34)25-52-37-8-4-2-5-28(37)20-22-47(21-19-26-9-11-29(12-10-26)39(48)49)36-24-31-6-1-3-7-35(31)46-38(36)40(50)51;/h2,4-5,8-18,23-24H,1,3,6-7,19-22,25H2,(H,48,49)(H,50,51);1H2. The molecule has 276 valence electrons. The van der Waals surface area contributed by atoms with Crippen LogP contribution in [0.3, 0.4) is 0 Å². The summed E-state index contributed by atoms with van der Waals surface area (Å²) in [6, 6.07) is 26.4. The maximum atomic E-state index is 13.0. The molecule has 1 heterocycles. The first-order valence-electron chi connectivity index (χ1n) is 17.0. The van der Waals surface area contributed by atoms with E-state index in [-0.39, 0.29) is 23.3 Å². The van der Waals surface area contributed by atoms with Gasteiger partial charge in [-0.1, -0.05) is 66.2 Å². The van der Waals surface area contributed by atoms with E-state index in [4.69, 9.17) is 16.3 Å². The van der Waals surface area contributed by atoms with Crippen LogP contribution in [0.1, 0.15) is 67.2 Å². The van der Waals surface area contributed by atoms with E-state index in [1.54, 1.807) is 42.5 Å². The topological polar surface area (TPSA) is 131 Å². The van der Waals surface area contributed by atoms with E-state index >= 15 is 0 Å². The van der Waals surface area contributed by atoms with Crippen LogP contribution in [0, 0.1) is 0 Å². The van der Waals surface area contributed by atoms with Gasteiger partial charge in [0.15, 0.2) is 5.69 Å². The Morgan fingerprint density at radius 3 is 2.15 bits per heavy atom. The molecule has 8 nitrogen and oxygen atoms in total. The summed E-state index contributed by atoms with van der Waals surface area (Å²) in [5.41, 5.74) is 5.75. The van der Waals surface area contributed by atoms with Gasteiger partial charge in [-0.3, -0.25) is 0 Å². The lowest BCUT2D eigenvalue weighted by atomic mass is 9.95. The number of carbonyl (C=O) groups is 2. The molecule has 0 unspecified atom stereocenters. The Hall–Kier alpha value is -5.39. The third-order valence-corrected chi connectivity index (χ3v) is 9.65. The minimum atomic E-state index is -4.41. The third-order valence-electron chi connectivity index (χ3n) is 9.30. The lowest BCUT2D eigenvalue weighted by Crippen LogP contribution is -2.31. The normalized spacial score (nSPS) is 12.4. The van der Waals surface area contributed by atoms with Crippen molar-refractivity contribution < 1.29 is 43.2 Å². The number of aromatic nitrogens is 1. The number of hydrogen-bond acceptors (Lipinski definition) is 5. The number of halogens is 4. The zero-order valence-electron chi connectivity index (χ0n) is 28.6. The van der Waals surface area contributed by atoms with Crippen LogP contribution in [-0.2, 0) is 38.5 Å². The number of alkyl halides is 3. The molecule has 6 rings (SSSR count). The predicted molar refractivity (Wildman–Crippen MR) is 197 cm³/mol. The summed E-state index contributed by atoms with van der Waals surface area (Å²) < 4.78 is 45.3. The summed E-state index contributed by atoms with van der Waals surface area (Å²) in [5, 5.41) is 19.9. The summed E-state index contributed by atoms with van der Waals surface area (Å²) in [5.74, 6) is -1.46. The number of hydrogen-bond donors (Lipinski definition) is 2. The van der Waals surface area contributed by atoms with Crippen LogP contribution in [0.25, 0.3) is 11.1 Å². The van der Waals surface area contributed by atoms with Crippen molar-refractivity contribution in [3.8, 4) is 16.9 Å². The van der Waals surface area contributed by atoms with Crippen molar-refractivity contribution in [2.75, 3.05) is 18.0 Å². The second kappa shape index (κ2) is 17.0. The monoisotopic (exact) mass is 746 g/mol. The average molecular weight is 747 g/mol. The van der Waals surface area contributed by atoms with E-state index in [9.17, 15) is 33.0 Å². The molecule has 1 aliphatic carbocycles. The van der Waals surface area contributed by atoms with Crippen molar-refractivity contribution >= 4 is 29.2 Å². The Kier molecular flexibility index (Phi) is 12.4. The van der Waals surface area contributed by atoms with Gasteiger partial charge in [-0.25, -0.2) is 14.6 Å². The number of pyridine rings is 1. The van der Waals surface area contributed by atoms with Gasteiger partial charge in [0.05, 0.1) is 16.8 Å². The minimum Gasteiger partial charge on any atom is -0.489 e. The van der Waals surface area contributed by atoms with Crippen LogP contribution < -0.4 is 9.64 Å². The molecule has 5 aromatic rings. The number of aromatic carboxylic acids is 2. The number of carboxylic acids is 2. The van der Waals surface area contributed by atoms with Gasteiger partial charge in [-0.2, -0.15) is 13.2 Å². The maximum absolute atomic E-state index is 13.0. The van der Waals surface area contributed by atoms with Gasteiger partial charge >= 0.3 is 18.1 Å². The quantitative estimate of drug-likeness (QED) is 0.123. The largest absolute Gasteiger partial charge is 0.489 e. The molecule has 0 amide bonds. The van der Waals surface area contributed by atoms with Crippen molar-refractivity contribution in [2.24, 2.45) is 0 Å². The van der Waals surface area contributed by atoms with Crippen LogP contribution in [0.2, 0.25) is 5.02 Å². The molecule has 0 aliphatic heterocycles. The van der Waals surface area contributed by atoms with Crippen molar-refractivity contribution in [3.05, 3.63) is 147 Å². The molecule has 0 radical (unpaired) electrons. The van der Waals surface area contributed by atoms with Crippen LogP contribution in [-0.4, -0.2) is 45.7 Å². The zero-order chi connectivity index (χ0) is 36.8. The molecule has 0 saturated heterocycles. The van der Waals surface area contributed by atoms with Gasteiger partial charge < -0.3 is 25.3 Å². The lowest BCUT2D eigenvalue weighted by Gasteiger charge is -2.28. The number of para-hydroxylation sites is 1. The first-order chi connectivity index (χ1) is 25.0.